The smallest absolute Gasteiger partial charge is 0.269 e. The van der Waals surface area contributed by atoms with Gasteiger partial charge in [-0.15, -0.1) is 0 Å². The number of nitriles is 1. The van der Waals surface area contributed by atoms with Crippen molar-refractivity contribution in [2.24, 2.45) is 5.92 Å². The van der Waals surface area contributed by atoms with E-state index < -0.39 is 0 Å². The largest absolute Gasteiger partial charge is 0.457 e. The molecule has 0 spiro atoms. The number of hydrogen-bond acceptors (Lipinski definition) is 6. The number of likely N-dealkylation sites (tertiary alicyclic amines) is 1. The minimum atomic E-state index is -0.349. The summed E-state index contributed by atoms with van der Waals surface area (Å²) >= 11 is 0. The van der Waals surface area contributed by atoms with E-state index in [1.807, 2.05) is 0 Å². The summed E-state index contributed by atoms with van der Waals surface area (Å²) < 4.78 is 19.0. The molecule has 1 aliphatic carbocycles. The standard InChI is InChI=1S/C21H17FN6O2/c22-14-1-3-15(4-2-14)30-19-5-6-24-9-16(19)17-7-18(27-26-17)20(29)25-21-8-13(21)10-28(11-21)12-23/h1-7,9,13H,8,10-11H2,(H,25,29)(H,26,27)/t13?,21-/m0/s1. The van der Waals surface area contributed by atoms with Gasteiger partial charge in [0, 0.05) is 24.9 Å². The van der Waals surface area contributed by atoms with E-state index >= 15 is 0 Å². The van der Waals surface area contributed by atoms with Gasteiger partial charge in [0.2, 0.25) is 0 Å². The van der Waals surface area contributed by atoms with E-state index in [1.165, 1.54) is 24.3 Å². The van der Waals surface area contributed by atoms with Gasteiger partial charge in [0.15, 0.2) is 6.19 Å². The number of ether oxygens (including phenoxy) is 1. The van der Waals surface area contributed by atoms with E-state index in [1.54, 1.807) is 29.4 Å². The Labute approximate surface area is 171 Å². The van der Waals surface area contributed by atoms with E-state index in [0.717, 1.165) is 6.42 Å². The fourth-order valence-electron chi connectivity index (χ4n) is 3.92. The number of aromatic nitrogens is 3. The molecule has 0 bridgehead atoms. The Kier molecular flexibility index (Phi) is 4.13. The van der Waals surface area contributed by atoms with E-state index in [2.05, 4.69) is 26.7 Å². The van der Waals surface area contributed by atoms with Crippen LogP contribution in [0.25, 0.3) is 11.3 Å². The lowest BCUT2D eigenvalue weighted by molar-refractivity contribution is 0.0924. The third kappa shape index (κ3) is 3.22. The van der Waals surface area contributed by atoms with Crippen LogP contribution in [0.1, 0.15) is 16.9 Å². The third-order valence-corrected chi connectivity index (χ3v) is 5.57. The first-order valence-corrected chi connectivity index (χ1v) is 9.47. The average molecular weight is 404 g/mol. The maximum atomic E-state index is 13.1. The molecule has 3 heterocycles. The van der Waals surface area contributed by atoms with Gasteiger partial charge >= 0.3 is 0 Å². The second-order valence-corrected chi connectivity index (χ2v) is 7.59. The van der Waals surface area contributed by atoms with Crippen molar-refractivity contribution in [1.29, 1.82) is 5.26 Å². The lowest BCUT2D eigenvalue weighted by Crippen LogP contribution is -2.41. The fraction of sp³-hybridized carbons (Fsp3) is 0.238. The first-order valence-electron chi connectivity index (χ1n) is 9.47. The molecule has 1 saturated carbocycles. The Balaban J connectivity index is 1.34. The molecule has 2 N–H and O–H groups in total. The summed E-state index contributed by atoms with van der Waals surface area (Å²) in [6.07, 6.45) is 6.19. The molecular formula is C21H17FN6O2. The molecule has 2 aromatic heterocycles. The molecule has 8 nitrogen and oxygen atoms in total. The predicted octanol–water partition coefficient (Wildman–Crippen LogP) is 2.69. The minimum Gasteiger partial charge on any atom is -0.457 e. The number of fused-ring (bicyclic) bond motifs is 1. The number of hydrogen-bond donors (Lipinski definition) is 2. The average Bonchev–Trinajstić information content (AvgIpc) is 3.10. The number of amides is 1. The Bertz CT molecular complexity index is 1150. The number of nitrogens with one attached hydrogen (secondary N) is 2. The van der Waals surface area contributed by atoms with E-state index in [0.29, 0.717) is 47.5 Å². The highest BCUT2D eigenvalue weighted by Gasteiger charge is 2.61. The van der Waals surface area contributed by atoms with Crippen molar-refractivity contribution >= 4 is 5.91 Å². The van der Waals surface area contributed by atoms with Crippen molar-refractivity contribution in [3.05, 3.63) is 60.3 Å². The SMILES string of the molecule is N#CN1CC2C[C@]2(NC(=O)c2cc(-c3cnccc3Oc3ccc(F)cc3)n[nH]2)C1. The number of rotatable bonds is 5. The highest BCUT2D eigenvalue weighted by molar-refractivity contribution is 5.94. The van der Waals surface area contributed by atoms with Gasteiger partial charge in [-0.1, -0.05) is 0 Å². The molecule has 9 heteroatoms. The molecule has 2 fully saturated rings. The van der Waals surface area contributed by atoms with Crippen LogP contribution in [0.3, 0.4) is 0 Å². The Morgan fingerprint density at radius 1 is 1.37 bits per heavy atom. The minimum absolute atomic E-state index is 0.263. The summed E-state index contributed by atoms with van der Waals surface area (Å²) in [4.78, 5) is 18.5. The zero-order valence-electron chi connectivity index (χ0n) is 15.8. The van der Waals surface area contributed by atoms with Crippen molar-refractivity contribution < 1.29 is 13.9 Å². The molecule has 5 rings (SSSR count). The van der Waals surface area contributed by atoms with Gasteiger partial charge in [0.05, 0.1) is 23.3 Å². The van der Waals surface area contributed by atoms with Crippen LogP contribution in [0, 0.1) is 23.2 Å². The predicted molar refractivity (Wildman–Crippen MR) is 104 cm³/mol. The zero-order chi connectivity index (χ0) is 20.7. The Morgan fingerprint density at radius 3 is 2.97 bits per heavy atom. The molecule has 150 valence electrons. The molecule has 2 atom stereocenters. The summed E-state index contributed by atoms with van der Waals surface area (Å²) in [5.41, 5.74) is 1.09. The van der Waals surface area contributed by atoms with Crippen LogP contribution in [0.2, 0.25) is 0 Å². The number of nitrogens with zero attached hydrogens (tertiary/aromatic N) is 4. The van der Waals surface area contributed by atoms with Crippen LogP contribution in [0.5, 0.6) is 11.5 Å². The molecule has 1 aromatic carbocycles. The normalized spacial score (nSPS) is 21.6. The highest BCUT2D eigenvalue weighted by Crippen LogP contribution is 2.49. The Hall–Kier alpha value is -3.93. The number of aromatic amines is 1. The number of benzene rings is 1. The quantitative estimate of drug-likeness (QED) is 0.633. The zero-order valence-corrected chi connectivity index (χ0v) is 15.8. The summed E-state index contributed by atoms with van der Waals surface area (Å²) in [7, 11) is 0. The highest BCUT2D eigenvalue weighted by atomic mass is 19.1. The summed E-state index contributed by atoms with van der Waals surface area (Å²) in [6, 6.07) is 8.99. The van der Waals surface area contributed by atoms with Gasteiger partial charge in [0.1, 0.15) is 23.0 Å². The van der Waals surface area contributed by atoms with Crippen molar-refractivity contribution in [1.82, 2.24) is 25.4 Å². The van der Waals surface area contributed by atoms with Crippen molar-refractivity contribution in [2.75, 3.05) is 13.1 Å². The van der Waals surface area contributed by atoms with Crippen LogP contribution in [-0.4, -0.2) is 44.6 Å². The van der Waals surface area contributed by atoms with Gasteiger partial charge in [-0.25, -0.2) is 4.39 Å². The van der Waals surface area contributed by atoms with Crippen LogP contribution in [-0.2, 0) is 0 Å². The maximum absolute atomic E-state index is 13.1. The van der Waals surface area contributed by atoms with Gasteiger partial charge < -0.3 is 15.0 Å². The molecule has 1 saturated heterocycles. The van der Waals surface area contributed by atoms with Gasteiger partial charge in [-0.05, 0) is 42.8 Å². The van der Waals surface area contributed by atoms with Gasteiger partial charge in [-0.3, -0.25) is 14.9 Å². The number of piperidine rings is 1. The van der Waals surface area contributed by atoms with Gasteiger partial charge in [-0.2, -0.15) is 10.4 Å². The number of carbonyl (C=O) groups excluding carboxylic acids is 1. The van der Waals surface area contributed by atoms with E-state index in [4.69, 9.17) is 10.00 Å². The number of carbonyl (C=O) groups is 1. The first kappa shape index (κ1) is 18.1. The number of halogens is 1. The number of pyridine rings is 1. The molecule has 1 amide bonds. The monoisotopic (exact) mass is 404 g/mol. The van der Waals surface area contributed by atoms with Crippen LogP contribution in [0.15, 0.2) is 48.8 Å². The number of H-pyrrole nitrogens is 1. The van der Waals surface area contributed by atoms with E-state index in [9.17, 15) is 9.18 Å². The van der Waals surface area contributed by atoms with Crippen LogP contribution in [0.4, 0.5) is 4.39 Å². The summed E-state index contributed by atoms with van der Waals surface area (Å²) in [5, 5.41) is 19.1. The lowest BCUT2D eigenvalue weighted by atomic mass is 10.1. The molecule has 1 aliphatic heterocycles. The maximum Gasteiger partial charge on any atom is 0.269 e. The lowest BCUT2D eigenvalue weighted by Gasteiger charge is -2.16. The first-order chi connectivity index (χ1) is 14.6. The summed E-state index contributed by atoms with van der Waals surface area (Å²) in [5.74, 6) is 0.659. The summed E-state index contributed by atoms with van der Waals surface area (Å²) in [6.45, 7) is 1.23. The molecule has 2 aliphatic rings. The van der Waals surface area contributed by atoms with Crippen LogP contribution < -0.4 is 10.1 Å². The van der Waals surface area contributed by atoms with Crippen molar-refractivity contribution in [3.63, 3.8) is 0 Å². The van der Waals surface area contributed by atoms with E-state index in [-0.39, 0.29) is 17.3 Å². The molecule has 3 aromatic rings. The second kappa shape index (κ2) is 6.84. The van der Waals surface area contributed by atoms with Crippen molar-refractivity contribution in [2.45, 2.75) is 12.0 Å². The fourth-order valence-corrected chi connectivity index (χ4v) is 3.92. The topological polar surface area (TPSA) is 107 Å². The third-order valence-electron chi connectivity index (χ3n) is 5.57. The second-order valence-electron chi connectivity index (χ2n) is 7.59. The molecule has 30 heavy (non-hydrogen) atoms. The molecular weight excluding hydrogens is 387 g/mol. The molecule has 1 unspecified atom stereocenters. The van der Waals surface area contributed by atoms with Gasteiger partial charge in [0.25, 0.3) is 5.91 Å². The molecule has 0 radical (unpaired) electrons. The van der Waals surface area contributed by atoms with Crippen molar-refractivity contribution in [3.8, 4) is 28.9 Å². The van der Waals surface area contributed by atoms with Crippen LogP contribution >= 0.6 is 0 Å². The Morgan fingerprint density at radius 2 is 2.20 bits per heavy atom.